The third-order valence-corrected chi connectivity index (χ3v) is 5.14. The van der Waals surface area contributed by atoms with Crippen molar-refractivity contribution in [3.63, 3.8) is 0 Å². The van der Waals surface area contributed by atoms with E-state index in [0.29, 0.717) is 11.1 Å². The molecule has 1 fully saturated rings. The van der Waals surface area contributed by atoms with E-state index in [1.807, 2.05) is 0 Å². The fourth-order valence-electron chi connectivity index (χ4n) is 3.37. The van der Waals surface area contributed by atoms with Gasteiger partial charge in [-0.25, -0.2) is 9.18 Å². The number of likely N-dealkylation sites (tertiary alicyclic amines) is 1. The molecule has 0 radical (unpaired) electrons. The molecular weight excluding hydrogens is 333 g/mol. The largest absolute Gasteiger partial charge is 0.459 e. The zero-order valence-corrected chi connectivity index (χ0v) is 15.2. The van der Waals surface area contributed by atoms with Gasteiger partial charge < -0.3 is 14.3 Å². The summed E-state index contributed by atoms with van der Waals surface area (Å²) in [5, 5.41) is 11.3. The van der Waals surface area contributed by atoms with E-state index in [2.05, 4.69) is 14.1 Å². The van der Waals surface area contributed by atoms with Crippen molar-refractivity contribution in [1.29, 1.82) is 0 Å². The standard InChI is InChI=1S/C21H25FNO3/c1-23(2)14-12-19(13-15-23)26-20(24)21(25,16-6-4-3-5-7-16)17-8-10-18(22)11-9-17/h3-11,19,25H,12-15H2,1-2H3/q+1. The maximum atomic E-state index is 13.3. The molecule has 4 nitrogen and oxygen atoms in total. The molecule has 0 aromatic heterocycles. The zero-order valence-electron chi connectivity index (χ0n) is 15.2. The van der Waals surface area contributed by atoms with Gasteiger partial charge in [0.15, 0.2) is 0 Å². The van der Waals surface area contributed by atoms with E-state index in [0.717, 1.165) is 30.4 Å². The molecule has 3 rings (SSSR count). The Kier molecular flexibility index (Phi) is 5.12. The zero-order chi connectivity index (χ0) is 18.8. The number of piperidine rings is 1. The highest BCUT2D eigenvalue weighted by Gasteiger charge is 2.43. The van der Waals surface area contributed by atoms with E-state index in [-0.39, 0.29) is 6.10 Å². The molecule has 5 heteroatoms. The van der Waals surface area contributed by atoms with Gasteiger partial charge in [0.1, 0.15) is 11.9 Å². The molecule has 0 aliphatic carbocycles. The van der Waals surface area contributed by atoms with Crippen molar-refractivity contribution >= 4 is 5.97 Å². The Balaban J connectivity index is 1.88. The highest BCUT2D eigenvalue weighted by molar-refractivity contribution is 5.85. The van der Waals surface area contributed by atoms with Crippen LogP contribution >= 0.6 is 0 Å². The summed E-state index contributed by atoms with van der Waals surface area (Å²) in [7, 11) is 4.30. The van der Waals surface area contributed by atoms with Gasteiger partial charge in [-0.2, -0.15) is 0 Å². The molecule has 1 heterocycles. The Morgan fingerprint density at radius 3 is 2.15 bits per heavy atom. The van der Waals surface area contributed by atoms with Gasteiger partial charge in [0.25, 0.3) is 0 Å². The lowest BCUT2D eigenvalue weighted by molar-refractivity contribution is -0.896. The lowest BCUT2D eigenvalue weighted by atomic mass is 9.86. The van der Waals surface area contributed by atoms with Crippen molar-refractivity contribution in [3.05, 3.63) is 71.5 Å². The first-order valence-corrected chi connectivity index (χ1v) is 8.88. The molecule has 2 aromatic rings. The Bertz CT molecular complexity index is 751. The summed E-state index contributed by atoms with van der Waals surface area (Å²) >= 11 is 0. The van der Waals surface area contributed by atoms with Crippen LogP contribution in [-0.4, -0.2) is 48.8 Å². The second-order valence-electron chi connectivity index (χ2n) is 7.57. The molecule has 1 saturated heterocycles. The molecule has 26 heavy (non-hydrogen) atoms. The number of ether oxygens (including phenoxy) is 1. The fourth-order valence-corrected chi connectivity index (χ4v) is 3.37. The number of carbonyl (C=O) groups excluding carboxylic acids is 1. The Hall–Kier alpha value is -2.24. The van der Waals surface area contributed by atoms with Gasteiger partial charge in [-0.1, -0.05) is 42.5 Å². The van der Waals surface area contributed by atoms with E-state index in [4.69, 9.17) is 4.74 Å². The first-order chi connectivity index (χ1) is 12.3. The number of benzene rings is 2. The van der Waals surface area contributed by atoms with Crippen LogP contribution in [0.3, 0.4) is 0 Å². The van der Waals surface area contributed by atoms with Crippen molar-refractivity contribution in [1.82, 2.24) is 0 Å². The number of halogens is 1. The van der Waals surface area contributed by atoms with Crippen molar-refractivity contribution in [2.24, 2.45) is 0 Å². The normalized spacial score (nSPS) is 19.5. The number of hydrogen-bond donors (Lipinski definition) is 1. The molecule has 0 spiro atoms. The lowest BCUT2D eigenvalue weighted by Gasteiger charge is -2.38. The minimum atomic E-state index is -1.96. The van der Waals surface area contributed by atoms with Gasteiger partial charge in [0, 0.05) is 12.8 Å². The summed E-state index contributed by atoms with van der Waals surface area (Å²) in [4.78, 5) is 13.0. The fraction of sp³-hybridized carbons (Fsp3) is 0.381. The molecule has 1 N–H and O–H groups in total. The molecule has 0 bridgehead atoms. The van der Waals surface area contributed by atoms with E-state index in [9.17, 15) is 14.3 Å². The topological polar surface area (TPSA) is 46.5 Å². The molecular formula is C21H25FNO3+. The summed E-state index contributed by atoms with van der Waals surface area (Å²) < 4.78 is 19.9. The summed E-state index contributed by atoms with van der Waals surface area (Å²) in [5.74, 6) is -1.14. The molecule has 2 aromatic carbocycles. The van der Waals surface area contributed by atoms with Gasteiger partial charge in [0.2, 0.25) is 5.60 Å². The predicted molar refractivity (Wildman–Crippen MR) is 96.8 cm³/mol. The van der Waals surface area contributed by atoms with Gasteiger partial charge in [-0.15, -0.1) is 0 Å². The maximum absolute atomic E-state index is 13.3. The van der Waals surface area contributed by atoms with Gasteiger partial charge in [0.05, 0.1) is 27.2 Å². The van der Waals surface area contributed by atoms with Gasteiger partial charge in [-0.05, 0) is 23.3 Å². The van der Waals surface area contributed by atoms with Crippen LogP contribution in [-0.2, 0) is 15.1 Å². The van der Waals surface area contributed by atoms with Crippen molar-refractivity contribution in [2.75, 3.05) is 27.2 Å². The van der Waals surface area contributed by atoms with Crippen molar-refractivity contribution in [2.45, 2.75) is 24.5 Å². The highest BCUT2D eigenvalue weighted by Crippen LogP contribution is 2.32. The molecule has 1 aliphatic heterocycles. The number of aliphatic hydroxyl groups is 1. The SMILES string of the molecule is C[N+]1(C)CCC(OC(=O)C(O)(c2ccccc2)c2ccc(F)cc2)CC1. The number of esters is 1. The Labute approximate surface area is 153 Å². The molecule has 1 aliphatic rings. The molecule has 1 unspecified atom stereocenters. The van der Waals surface area contributed by atoms with Crippen LogP contribution in [0.5, 0.6) is 0 Å². The van der Waals surface area contributed by atoms with E-state index in [1.165, 1.54) is 24.3 Å². The van der Waals surface area contributed by atoms with E-state index in [1.54, 1.807) is 30.3 Å². The summed E-state index contributed by atoms with van der Waals surface area (Å²) in [6.45, 7) is 1.83. The van der Waals surface area contributed by atoms with Crippen LogP contribution in [0.25, 0.3) is 0 Å². The summed E-state index contributed by atoms with van der Waals surface area (Å²) in [6.07, 6.45) is 1.30. The molecule has 138 valence electrons. The van der Waals surface area contributed by atoms with Crippen LogP contribution in [0.4, 0.5) is 4.39 Å². The van der Waals surface area contributed by atoms with E-state index < -0.39 is 17.4 Å². The van der Waals surface area contributed by atoms with Crippen LogP contribution in [0.2, 0.25) is 0 Å². The van der Waals surface area contributed by atoms with Gasteiger partial charge >= 0.3 is 5.97 Å². The highest BCUT2D eigenvalue weighted by atomic mass is 19.1. The Morgan fingerprint density at radius 1 is 1.04 bits per heavy atom. The predicted octanol–water partition coefficient (Wildman–Crippen LogP) is 2.84. The van der Waals surface area contributed by atoms with Crippen molar-refractivity contribution in [3.8, 4) is 0 Å². The average molecular weight is 358 g/mol. The molecule has 0 saturated carbocycles. The first kappa shape index (κ1) is 18.5. The van der Waals surface area contributed by atoms with Gasteiger partial charge in [-0.3, -0.25) is 0 Å². The van der Waals surface area contributed by atoms with Crippen LogP contribution in [0.15, 0.2) is 54.6 Å². The quantitative estimate of drug-likeness (QED) is 0.675. The number of rotatable bonds is 4. The number of nitrogens with zero attached hydrogens (tertiary/aromatic N) is 1. The maximum Gasteiger partial charge on any atom is 0.347 e. The second kappa shape index (κ2) is 7.17. The van der Waals surface area contributed by atoms with Crippen LogP contribution in [0, 0.1) is 5.82 Å². The molecule has 0 amide bonds. The van der Waals surface area contributed by atoms with E-state index >= 15 is 0 Å². The molecule has 1 atom stereocenters. The number of hydrogen-bond acceptors (Lipinski definition) is 3. The average Bonchev–Trinajstić information content (AvgIpc) is 2.64. The monoisotopic (exact) mass is 358 g/mol. The Morgan fingerprint density at radius 2 is 1.58 bits per heavy atom. The number of carbonyl (C=O) groups is 1. The first-order valence-electron chi connectivity index (χ1n) is 8.88. The third-order valence-electron chi connectivity index (χ3n) is 5.14. The minimum Gasteiger partial charge on any atom is -0.459 e. The van der Waals surface area contributed by atoms with Crippen molar-refractivity contribution < 1.29 is 23.5 Å². The van der Waals surface area contributed by atoms with Crippen LogP contribution < -0.4 is 0 Å². The summed E-state index contributed by atoms with van der Waals surface area (Å²) in [5.41, 5.74) is -1.26. The smallest absolute Gasteiger partial charge is 0.347 e. The summed E-state index contributed by atoms with van der Waals surface area (Å²) in [6, 6.07) is 14.0. The second-order valence-corrected chi connectivity index (χ2v) is 7.57. The third kappa shape index (κ3) is 3.79. The minimum absolute atomic E-state index is 0.218. The lowest BCUT2D eigenvalue weighted by Crippen LogP contribution is -2.49. The number of quaternary nitrogens is 1. The van der Waals surface area contributed by atoms with Crippen LogP contribution in [0.1, 0.15) is 24.0 Å².